The Kier molecular flexibility index (Phi) is 2.02. The van der Waals surface area contributed by atoms with Crippen LogP contribution in [0.4, 0.5) is 4.39 Å². The Hall–Kier alpha value is -1.36. The van der Waals surface area contributed by atoms with Crippen molar-refractivity contribution in [2.75, 3.05) is 0 Å². The number of halogens is 1. The van der Waals surface area contributed by atoms with Crippen LogP contribution in [0.3, 0.4) is 0 Å². The minimum absolute atomic E-state index is 0.123. The van der Waals surface area contributed by atoms with E-state index in [9.17, 15) is 4.39 Å². The molecule has 1 aromatic carbocycles. The molecule has 0 fully saturated rings. The minimum Gasteiger partial charge on any atom is -0.207 e. The van der Waals surface area contributed by atoms with E-state index in [-0.39, 0.29) is 11.7 Å². The maximum Gasteiger partial charge on any atom is 0.123 e. The normalized spacial score (nSPS) is 20.5. The number of rotatable bonds is 0. The molecule has 2 heteroatoms. The molecule has 1 nitrogen and oxygen atoms in total. The first kappa shape index (κ1) is 8.25. The third kappa shape index (κ3) is 1.55. The summed E-state index contributed by atoms with van der Waals surface area (Å²) in [6.07, 6.45) is 2.49. The monoisotopic (exact) mass is 175 g/mol. The molecule has 1 unspecified atom stereocenters. The first-order valence-corrected chi connectivity index (χ1v) is 4.46. The van der Waals surface area contributed by atoms with E-state index in [2.05, 4.69) is 6.07 Å². The van der Waals surface area contributed by atoms with Gasteiger partial charge in [0.25, 0.3) is 0 Å². The fraction of sp³-hybridized carbons (Fsp3) is 0.364. The van der Waals surface area contributed by atoms with Crippen LogP contribution in [0, 0.1) is 23.1 Å². The number of hydrogen-bond donors (Lipinski definition) is 0. The van der Waals surface area contributed by atoms with Gasteiger partial charge in [0.15, 0.2) is 0 Å². The van der Waals surface area contributed by atoms with Crippen LogP contribution in [-0.4, -0.2) is 0 Å². The minimum atomic E-state index is -0.172. The number of aryl methyl sites for hydroxylation is 1. The van der Waals surface area contributed by atoms with Crippen LogP contribution >= 0.6 is 0 Å². The Labute approximate surface area is 76.8 Å². The molecule has 0 saturated heterocycles. The third-order valence-electron chi connectivity index (χ3n) is 2.58. The Bertz CT molecular complexity index is 365. The molecular weight excluding hydrogens is 165 g/mol. The zero-order valence-corrected chi connectivity index (χ0v) is 7.26. The van der Waals surface area contributed by atoms with E-state index in [1.807, 2.05) is 0 Å². The van der Waals surface area contributed by atoms with E-state index in [1.54, 1.807) is 12.1 Å². The fourth-order valence-electron chi connectivity index (χ4n) is 1.83. The summed E-state index contributed by atoms with van der Waals surface area (Å²) in [5.41, 5.74) is 2.21. The lowest BCUT2D eigenvalue weighted by Crippen LogP contribution is -2.12. The lowest BCUT2D eigenvalue weighted by molar-refractivity contribution is 0.555. The zero-order valence-electron chi connectivity index (χ0n) is 7.26. The number of nitriles is 1. The highest BCUT2D eigenvalue weighted by Gasteiger charge is 2.17. The molecule has 0 N–H and O–H groups in total. The van der Waals surface area contributed by atoms with E-state index >= 15 is 0 Å². The molecular formula is C11H10FN. The van der Waals surface area contributed by atoms with Crippen molar-refractivity contribution >= 4 is 0 Å². The highest BCUT2D eigenvalue weighted by atomic mass is 19.1. The second kappa shape index (κ2) is 3.18. The van der Waals surface area contributed by atoms with Gasteiger partial charge in [-0.05, 0) is 42.5 Å². The molecule has 2 rings (SSSR count). The molecule has 0 aliphatic heterocycles. The average molecular weight is 175 g/mol. The lowest BCUT2D eigenvalue weighted by Gasteiger charge is -2.19. The molecule has 0 aromatic heterocycles. The van der Waals surface area contributed by atoms with Crippen LogP contribution in [0.25, 0.3) is 0 Å². The van der Waals surface area contributed by atoms with E-state index in [0.29, 0.717) is 0 Å². The average Bonchev–Trinajstić information content (AvgIpc) is 2.17. The predicted molar refractivity (Wildman–Crippen MR) is 47.5 cm³/mol. The van der Waals surface area contributed by atoms with Crippen LogP contribution < -0.4 is 0 Å². The molecule has 1 aliphatic rings. The van der Waals surface area contributed by atoms with Crippen molar-refractivity contribution in [1.82, 2.24) is 0 Å². The summed E-state index contributed by atoms with van der Waals surface area (Å²) in [7, 11) is 0. The van der Waals surface area contributed by atoms with Gasteiger partial charge in [-0.2, -0.15) is 5.26 Å². The molecule has 1 aliphatic carbocycles. The summed E-state index contributed by atoms with van der Waals surface area (Å²) in [4.78, 5) is 0. The Balaban J connectivity index is 2.32. The van der Waals surface area contributed by atoms with Crippen molar-refractivity contribution in [2.24, 2.45) is 5.92 Å². The molecule has 1 atom stereocenters. The fourth-order valence-corrected chi connectivity index (χ4v) is 1.83. The highest BCUT2D eigenvalue weighted by molar-refractivity contribution is 5.31. The topological polar surface area (TPSA) is 23.8 Å². The molecule has 0 spiro atoms. The third-order valence-corrected chi connectivity index (χ3v) is 2.58. The van der Waals surface area contributed by atoms with Gasteiger partial charge in [0.2, 0.25) is 0 Å². The lowest BCUT2D eigenvalue weighted by atomic mass is 9.85. The van der Waals surface area contributed by atoms with E-state index in [1.165, 1.54) is 6.07 Å². The van der Waals surface area contributed by atoms with Crippen LogP contribution in [0.1, 0.15) is 17.5 Å². The van der Waals surface area contributed by atoms with Crippen molar-refractivity contribution in [3.05, 3.63) is 35.1 Å². The highest BCUT2D eigenvalue weighted by Crippen LogP contribution is 2.25. The van der Waals surface area contributed by atoms with Crippen molar-refractivity contribution in [1.29, 1.82) is 5.26 Å². The van der Waals surface area contributed by atoms with Gasteiger partial charge >= 0.3 is 0 Å². The number of benzene rings is 1. The number of fused-ring (bicyclic) bond motifs is 1. The van der Waals surface area contributed by atoms with Crippen molar-refractivity contribution in [2.45, 2.75) is 19.3 Å². The van der Waals surface area contributed by atoms with Crippen LogP contribution in [0.5, 0.6) is 0 Å². The van der Waals surface area contributed by atoms with Crippen molar-refractivity contribution in [3.8, 4) is 6.07 Å². The van der Waals surface area contributed by atoms with Gasteiger partial charge in [-0.25, -0.2) is 4.39 Å². The Morgan fingerprint density at radius 2 is 2.23 bits per heavy atom. The summed E-state index contributed by atoms with van der Waals surface area (Å²) in [6, 6.07) is 7.12. The summed E-state index contributed by atoms with van der Waals surface area (Å²) < 4.78 is 12.8. The first-order chi connectivity index (χ1) is 6.29. The van der Waals surface area contributed by atoms with Gasteiger partial charge in [-0.15, -0.1) is 0 Å². The summed E-state index contributed by atoms with van der Waals surface area (Å²) >= 11 is 0. The molecule has 0 radical (unpaired) electrons. The molecule has 0 bridgehead atoms. The van der Waals surface area contributed by atoms with Crippen molar-refractivity contribution < 1.29 is 4.39 Å². The summed E-state index contributed by atoms with van der Waals surface area (Å²) in [5.74, 6) is -0.0490. The van der Waals surface area contributed by atoms with Gasteiger partial charge in [0, 0.05) is 0 Å². The van der Waals surface area contributed by atoms with Gasteiger partial charge in [-0.1, -0.05) is 6.07 Å². The molecule has 0 heterocycles. The maximum atomic E-state index is 12.8. The Morgan fingerprint density at radius 1 is 1.38 bits per heavy atom. The van der Waals surface area contributed by atoms with Crippen LogP contribution in [0.15, 0.2) is 18.2 Å². The number of hydrogen-bond acceptors (Lipinski definition) is 1. The predicted octanol–water partition coefficient (Wildman–Crippen LogP) is 2.45. The standard InChI is InChI=1S/C11H10FN/c12-11-4-3-9-5-8(7-13)1-2-10(9)6-11/h3-4,6,8H,1-2,5H2. The van der Waals surface area contributed by atoms with Gasteiger partial charge in [-0.3, -0.25) is 0 Å². The van der Waals surface area contributed by atoms with Gasteiger partial charge in [0.1, 0.15) is 5.82 Å². The molecule has 0 amide bonds. The maximum absolute atomic E-state index is 12.8. The van der Waals surface area contributed by atoms with Crippen molar-refractivity contribution in [3.63, 3.8) is 0 Å². The second-order valence-electron chi connectivity index (χ2n) is 3.48. The molecule has 0 saturated carbocycles. The summed E-state index contributed by atoms with van der Waals surface area (Å²) in [5, 5.41) is 8.75. The smallest absolute Gasteiger partial charge is 0.123 e. The molecule has 66 valence electrons. The SMILES string of the molecule is N#CC1CCc2cc(F)ccc2C1. The van der Waals surface area contributed by atoms with E-state index in [4.69, 9.17) is 5.26 Å². The molecule has 13 heavy (non-hydrogen) atoms. The van der Waals surface area contributed by atoms with Gasteiger partial charge < -0.3 is 0 Å². The van der Waals surface area contributed by atoms with Crippen LogP contribution in [0.2, 0.25) is 0 Å². The quantitative estimate of drug-likeness (QED) is 0.594. The Morgan fingerprint density at radius 3 is 3.00 bits per heavy atom. The van der Waals surface area contributed by atoms with E-state index in [0.717, 1.165) is 30.4 Å². The largest absolute Gasteiger partial charge is 0.207 e. The first-order valence-electron chi connectivity index (χ1n) is 4.46. The van der Waals surface area contributed by atoms with E-state index < -0.39 is 0 Å². The van der Waals surface area contributed by atoms with Gasteiger partial charge in [0.05, 0.1) is 12.0 Å². The number of nitrogens with zero attached hydrogens (tertiary/aromatic N) is 1. The van der Waals surface area contributed by atoms with Crippen LogP contribution in [-0.2, 0) is 12.8 Å². The zero-order chi connectivity index (χ0) is 9.26. The second-order valence-corrected chi connectivity index (χ2v) is 3.48. The summed E-state index contributed by atoms with van der Waals surface area (Å²) in [6.45, 7) is 0. The molecule has 1 aromatic rings.